The van der Waals surface area contributed by atoms with Crippen LogP contribution in [0.4, 0.5) is 10.4 Å². The third-order valence-corrected chi connectivity index (χ3v) is 2.56. The summed E-state index contributed by atoms with van der Waals surface area (Å²) in [6.07, 6.45) is 0. The van der Waals surface area contributed by atoms with E-state index in [2.05, 4.69) is 31.4 Å². The first-order valence-corrected chi connectivity index (χ1v) is 5.42. The quantitative estimate of drug-likeness (QED) is 0.942. The highest BCUT2D eigenvalue weighted by Crippen LogP contribution is 2.17. The number of benzene rings is 1. The number of aryl methyl sites for hydroxylation is 1. The summed E-state index contributed by atoms with van der Waals surface area (Å²) in [6.45, 7) is 2.22. The molecule has 0 fully saturated rings. The summed E-state index contributed by atoms with van der Waals surface area (Å²) in [5, 5.41) is 10.4. The molecule has 2 rings (SSSR count). The number of anilines is 1. The average Bonchev–Trinajstić information content (AvgIpc) is 2.66. The maximum Gasteiger partial charge on any atom is 0.315 e. The number of rotatable bonds is 3. The van der Waals surface area contributed by atoms with E-state index in [1.165, 1.54) is 6.07 Å². The van der Waals surface area contributed by atoms with Gasteiger partial charge in [-0.3, -0.25) is 0 Å². The van der Waals surface area contributed by atoms with Gasteiger partial charge in [0.25, 0.3) is 0 Å². The van der Waals surface area contributed by atoms with Crippen molar-refractivity contribution in [2.75, 3.05) is 5.32 Å². The molecule has 0 aliphatic carbocycles. The van der Waals surface area contributed by atoms with E-state index in [0.717, 1.165) is 5.56 Å². The number of nitrogens with one attached hydrogen (secondary N) is 1. The molecule has 4 nitrogen and oxygen atoms in total. The first kappa shape index (κ1) is 11.1. The molecule has 16 heavy (non-hydrogen) atoms. The molecule has 0 bridgehead atoms. The zero-order valence-electron chi connectivity index (χ0n) is 8.50. The minimum absolute atomic E-state index is 0.280. The van der Waals surface area contributed by atoms with Gasteiger partial charge in [-0.1, -0.05) is 11.2 Å². The summed E-state index contributed by atoms with van der Waals surface area (Å²) in [5.41, 5.74) is 0.920. The molecule has 0 aliphatic heterocycles. The molecule has 0 atom stereocenters. The molecule has 0 saturated carbocycles. The van der Waals surface area contributed by atoms with Crippen LogP contribution >= 0.6 is 15.9 Å². The van der Waals surface area contributed by atoms with Crippen molar-refractivity contribution < 1.29 is 8.81 Å². The molecule has 84 valence electrons. The SMILES string of the molecule is Cc1nnc(NCc2ccc(F)c(Br)c2)o1. The summed E-state index contributed by atoms with van der Waals surface area (Å²) in [7, 11) is 0. The maximum absolute atomic E-state index is 13.0. The van der Waals surface area contributed by atoms with E-state index in [1.54, 1.807) is 19.1 Å². The van der Waals surface area contributed by atoms with Gasteiger partial charge in [0, 0.05) is 13.5 Å². The molecule has 6 heteroatoms. The van der Waals surface area contributed by atoms with Crippen LogP contribution in [0.15, 0.2) is 27.1 Å². The largest absolute Gasteiger partial charge is 0.408 e. The van der Waals surface area contributed by atoms with E-state index in [9.17, 15) is 4.39 Å². The van der Waals surface area contributed by atoms with Gasteiger partial charge >= 0.3 is 6.01 Å². The lowest BCUT2D eigenvalue weighted by Crippen LogP contribution is -1.99. The third kappa shape index (κ3) is 2.57. The van der Waals surface area contributed by atoms with Gasteiger partial charge in [0.15, 0.2) is 0 Å². The maximum atomic E-state index is 13.0. The Balaban J connectivity index is 2.02. The van der Waals surface area contributed by atoms with Gasteiger partial charge in [0.2, 0.25) is 5.89 Å². The molecule has 1 aromatic carbocycles. The van der Waals surface area contributed by atoms with Crippen molar-refractivity contribution in [3.63, 3.8) is 0 Å². The van der Waals surface area contributed by atoms with Crippen LogP contribution in [0.2, 0.25) is 0 Å². The Morgan fingerprint density at radius 2 is 2.25 bits per heavy atom. The molecular weight excluding hydrogens is 277 g/mol. The number of nitrogens with zero attached hydrogens (tertiary/aromatic N) is 2. The van der Waals surface area contributed by atoms with Crippen LogP contribution in [-0.4, -0.2) is 10.2 Å². The zero-order valence-corrected chi connectivity index (χ0v) is 10.1. The van der Waals surface area contributed by atoms with Crippen LogP contribution in [0.3, 0.4) is 0 Å². The van der Waals surface area contributed by atoms with Gasteiger partial charge in [0.1, 0.15) is 5.82 Å². The van der Waals surface area contributed by atoms with Crippen LogP contribution in [0.1, 0.15) is 11.5 Å². The van der Waals surface area contributed by atoms with Crippen molar-refractivity contribution in [2.24, 2.45) is 0 Å². The standard InChI is InChI=1S/C10H9BrFN3O/c1-6-14-15-10(16-6)13-5-7-2-3-9(12)8(11)4-7/h2-4H,5H2,1H3,(H,13,15). The van der Waals surface area contributed by atoms with Crippen molar-refractivity contribution in [3.8, 4) is 0 Å². The molecule has 0 radical (unpaired) electrons. The van der Waals surface area contributed by atoms with E-state index in [0.29, 0.717) is 22.9 Å². The van der Waals surface area contributed by atoms with Crippen LogP contribution in [0.5, 0.6) is 0 Å². The molecule has 1 heterocycles. The Kier molecular flexibility index (Phi) is 3.19. The third-order valence-electron chi connectivity index (χ3n) is 1.95. The molecule has 0 amide bonds. The van der Waals surface area contributed by atoms with Gasteiger partial charge < -0.3 is 9.73 Å². The second-order valence-corrected chi connectivity index (χ2v) is 4.08. The highest BCUT2D eigenvalue weighted by molar-refractivity contribution is 9.10. The average molecular weight is 286 g/mol. The molecular formula is C10H9BrFN3O. The summed E-state index contributed by atoms with van der Waals surface area (Å²) in [6, 6.07) is 5.15. The highest BCUT2D eigenvalue weighted by atomic mass is 79.9. The number of halogens is 2. The van der Waals surface area contributed by atoms with Crippen LogP contribution in [-0.2, 0) is 6.54 Å². The normalized spacial score (nSPS) is 10.4. The van der Waals surface area contributed by atoms with Gasteiger partial charge in [0.05, 0.1) is 4.47 Å². The van der Waals surface area contributed by atoms with E-state index in [1.807, 2.05) is 0 Å². The summed E-state index contributed by atoms with van der Waals surface area (Å²) in [5.74, 6) is 0.222. The topological polar surface area (TPSA) is 51.0 Å². The fraction of sp³-hybridized carbons (Fsp3) is 0.200. The van der Waals surface area contributed by atoms with Crippen molar-refractivity contribution in [2.45, 2.75) is 13.5 Å². The fourth-order valence-electron chi connectivity index (χ4n) is 1.20. The molecule has 0 aliphatic rings. The first-order valence-electron chi connectivity index (χ1n) is 4.63. The Hall–Kier alpha value is -1.43. The Bertz CT molecular complexity index is 501. The summed E-state index contributed by atoms with van der Waals surface area (Å²) in [4.78, 5) is 0. The minimum Gasteiger partial charge on any atom is -0.408 e. The second-order valence-electron chi connectivity index (χ2n) is 3.23. The molecule has 2 aromatic rings. The lowest BCUT2D eigenvalue weighted by Gasteiger charge is -2.02. The Labute approximate surface area is 100 Å². The zero-order chi connectivity index (χ0) is 11.5. The number of hydrogen-bond donors (Lipinski definition) is 1. The lowest BCUT2D eigenvalue weighted by atomic mass is 10.2. The van der Waals surface area contributed by atoms with Crippen molar-refractivity contribution in [3.05, 3.63) is 39.9 Å². The molecule has 1 N–H and O–H groups in total. The number of hydrogen-bond acceptors (Lipinski definition) is 4. The molecule has 1 aromatic heterocycles. The minimum atomic E-state index is -0.280. The predicted octanol–water partition coefficient (Wildman–Crippen LogP) is 2.89. The van der Waals surface area contributed by atoms with Gasteiger partial charge in [-0.05, 0) is 33.6 Å². The van der Waals surface area contributed by atoms with Crippen LogP contribution in [0.25, 0.3) is 0 Å². The Morgan fingerprint density at radius 1 is 1.44 bits per heavy atom. The van der Waals surface area contributed by atoms with E-state index in [-0.39, 0.29) is 5.82 Å². The van der Waals surface area contributed by atoms with E-state index >= 15 is 0 Å². The lowest BCUT2D eigenvalue weighted by molar-refractivity contribution is 0.530. The summed E-state index contributed by atoms with van der Waals surface area (Å²) >= 11 is 3.12. The first-order chi connectivity index (χ1) is 7.65. The van der Waals surface area contributed by atoms with E-state index < -0.39 is 0 Å². The number of aromatic nitrogens is 2. The molecule has 0 unspecified atom stereocenters. The summed E-state index contributed by atoms with van der Waals surface area (Å²) < 4.78 is 18.5. The second kappa shape index (κ2) is 4.61. The Morgan fingerprint density at radius 3 is 2.88 bits per heavy atom. The van der Waals surface area contributed by atoms with Crippen molar-refractivity contribution in [1.29, 1.82) is 0 Å². The van der Waals surface area contributed by atoms with Gasteiger partial charge in [-0.15, -0.1) is 5.10 Å². The monoisotopic (exact) mass is 285 g/mol. The smallest absolute Gasteiger partial charge is 0.315 e. The molecule has 0 spiro atoms. The fourth-order valence-corrected chi connectivity index (χ4v) is 1.62. The van der Waals surface area contributed by atoms with Gasteiger partial charge in [-0.2, -0.15) is 0 Å². The van der Waals surface area contributed by atoms with Crippen molar-refractivity contribution >= 4 is 21.9 Å². The van der Waals surface area contributed by atoms with Crippen LogP contribution in [0, 0.1) is 12.7 Å². The van der Waals surface area contributed by atoms with Crippen LogP contribution < -0.4 is 5.32 Å². The molecule has 0 saturated heterocycles. The van der Waals surface area contributed by atoms with E-state index in [4.69, 9.17) is 4.42 Å². The highest BCUT2D eigenvalue weighted by Gasteiger charge is 2.03. The van der Waals surface area contributed by atoms with Gasteiger partial charge in [-0.25, -0.2) is 4.39 Å². The van der Waals surface area contributed by atoms with Crippen molar-refractivity contribution in [1.82, 2.24) is 10.2 Å². The predicted molar refractivity (Wildman–Crippen MR) is 60.5 cm³/mol.